The molecule has 0 aromatic carbocycles. The molecule has 0 bridgehead atoms. The van der Waals surface area contributed by atoms with Crippen LogP contribution in [-0.2, 0) is 0 Å². The van der Waals surface area contributed by atoms with Crippen LogP contribution in [0.2, 0.25) is 0 Å². The number of ether oxygens (including phenoxy) is 1. The van der Waals surface area contributed by atoms with Gasteiger partial charge in [-0.1, -0.05) is 0 Å². The topological polar surface area (TPSA) is 92.4 Å². The minimum absolute atomic E-state index is 0.167. The number of hydrogen-bond donors (Lipinski definition) is 2. The first-order valence-corrected chi connectivity index (χ1v) is 6.85. The van der Waals surface area contributed by atoms with E-state index in [1.54, 1.807) is 0 Å². The van der Waals surface area contributed by atoms with Crippen molar-refractivity contribution in [1.82, 2.24) is 24.8 Å². The summed E-state index contributed by atoms with van der Waals surface area (Å²) in [7, 11) is 4.26. The van der Waals surface area contributed by atoms with E-state index in [9.17, 15) is 0 Å². The van der Waals surface area contributed by atoms with Gasteiger partial charge in [0.15, 0.2) is 0 Å². The Bertz CT molecular complexity index is 442. The number of nitrogen functional groups attached to an aromatic ring is 1. The lowest BCUT2D eigenvalue weighted by atomic mass is 10.2. The molecule has 1 unspecified atom stereocenters. The monoisotopic (exact) mass is 281 g/mol. The lowest BCUT2D eigenvalue weighted by molar-refractivity contribution is 0.121. The number of likely N-dealkylation sites (N-methyl/N-ethyl adjacent to an activating group) is 2. The third kappa shape index (κ3) is 3.91. The molecule has 0 radical (unpaired) electrons. The van der Waals surface area contributed by atoms with E-state index in [2.05, 4.69) is 44.2 Å². The molecular weight excluding hydrogens is 258 g/mol. The highest BCUT2D eigenvalue weighted by Crippen LogP contribution is 2.11. The zero-order valence-electron chi connectivity index (χ0n) is 12.3. The van der Waals surface area contributed by atoms with Crippen LogP contribution in [0, 0.1) is 0 Å². The van der Waals surface area contributed by atoms with Gasteiger partial charge in [0.2, 0.25) is 11.9 Å². The minimum atomic E-state index is 0.167. The molecule has 1 saturated heterocycles. The zero-order chi connectivity index (χ0) is 14.5. The Labute approximate surface area is 119 Å². The van der Waals surface area contributed by atoms with Gasteiger partial charge in [0.25, 0.3) is 0 Å². The summed E-state index contributed by atoms with van der Waals surface area (Å²) >= 11 is 0. The highest BCUT2D eigenvalue weighted by molar-refractivity contribution is 5.32. The van der Waals surface area contributed by atoms with Crippen molar-refractivity contribution in [2.75, 3.05) is 57.9 Å². The summed E-state index contributed by atoms with van der Waals surface area (Å²) < 4.78 is 5.26. The van der Waals surface area contributed by atoms with Gasteiger partial charge in [-0.25, -0.2) is 0 Å². The van der Waals surface area contributed by atoms with Gasteiger partial charge in [0.05, 0.1) is 6.61 Å². The van der Waals surface area contributed by atoms with Gasteiger partial charge in [-0.15, -0.1) is 0 Å². The number of hydrogen-bond acceptors (Lipinski definition) is 8. The zero-order valence-corrected chi connectivity index (χ0v) is 12.3. The van der Waals surface area contributed by atoms with Gasteiger partial charge in [-0.05, 0) is 21.0 Å². The van der Waals surface area contributed by atoms with Crippen LogP contribution in [0.1, 0.15) is 6.92 Å². The Hall–Kier alpha value is -1.67. The molecule has 112 valence electrons. The van der Waals surface area contributed by atoms with Gasteiger partial charge in [0, 0.05) is 32.2 Å². The predicted molar refractivity (Wildman–Crippen MR) is 77.8 cm³/mol. The first kappa shape index (κ1) is 14.7. The molecule has 1 aliphatic rings. The van der Waals surface area contributed by atoms with E-state index in [4.69, 9.17) is 10.5 Å². The molecule has 1 fully saturated rings. The normalized spacial score (nSPS) is 20.9. The molecule has 3 N–H and O–H groups in total. The summed E-state index contributed by atoms with van der Waals surface area (Å²) in [4.78, 5) is 16.8. The van der Waals surface area contributed by atoms with E-state index < -0.39 is 0 Å². The molecule has 2 heterocycles. The summed E-state index contributed by atoms with van der Waals surface area (Å²) in [5.41, 5.74) is 5.65. The van der Waals surface area contributed by atoms with E-state index in [1.165, 1.54) is 0 Å². The van der Waals surface area contributed by atoms with E-state index in [0.717, 1.165) is 26.2 Å². The van der Waals surface area contributed by atoms with Crippen LogP contribution in [-0.4, -0.2) is 77.7 Å². The Kier molecular flexibility index (Phi) is 4.91. The molecule has 1 atom stereocenters. The van der Waals surface area contributed by atoms with Crippen molar-refractivity contribution in [1.29, 1.82) is 0 Å². The van der Waals surface area contributed by atoms with Crippen LogP contribution in [0.25, 0.3) is 0 Å². The first-order chi connectivity index (χ1) is 9.58. The predicted octanol–water partition coefficient (Wildman–Crippen LogP) is -0.490. The van der Waals surface area contributed by atoms with Crippen LogP contribution in [0.5, 0.6) is 6.01 Å². The number of nitrogens with two attached hydrogens (primary N) is 1. The minimum Gasteiger partial charge on any atom is -0.464 e. The quantitative estimate of drug-likeness (QED) is 0.747. The van der Waals surface area contributed by atoms with Gasteiger partial charge in [-0.2, -0.15) is 15.0 Å². The molecule has 2 rings (SSSR count). The summed E-state index contributed by atoms with van der Waals surface area (Å²) in [6.07, 6.45) is 0. The number of nitrogens with zero attached hydrogens (tertiary/aromatic N) is 5. The standard InChI is InChI=1S/C12H23N7O/c1-4-20-12-16-10(13)15-11(17-12)14-7-9-8-18(2)5-6-19(9)3/h9H,4-8H2,1-3H3,(H3,13,14,15,16,17). The highest BCUT2D eigenvalue weighted by atomic mass is 16.5. The second-order valence-electron chi connectivity index (χ2n) is 5.01. The Morgan fingerprint density at radius 3 is 2.85 bits per heavy atom. The fraction of sp³-hybridized carbons (Fsp3) is 0.750. The maximum atomic E-state index is 5.65. The van der Waals surface area contributed by atoms with Crippen LogP contribution in [0.4, 0.5) is 11.9 Å². The lowest BCUT2D eigenvalue weighted by Crippen LogP contribution is -2.52. The van der Waals surface area contributed by atoms with Crippen LogP contribution in [0.15, 0.2) is 0 Å². The molecule has 0 amide bonds. The maximum Gasteiger partial charge on any atom is 0.323 e. The summed E-state index contributed by atoms with van der Waals surface area (Å²) in [5, 5.41) is 3.21. The summed E-state index contributed by atoms with van der Waals surface area (Å²) in [6.45, 7) is 6.31. The van der Waals surface area contributed by atoms with Crippen molar-refractivity contribution >= 4 is 11.9 Å². The lowest BCUT2D eigenvalue weighted by Gasteiger charge is -2.37. The van der Waals surface area contributed by atoms with Crippen molar-refractivity contribution in [2.24, 2.45) is 0 Å². The number of rotatable bonds is 5. The van der Waals surface area contributed by atoms with Crippen molar-refractivity contribution in [3.8, 4) is 6.01 Å². The molecule has 0 saturated carbocycles. The fourth-order valence-corrected chi connectivity index (χ4v) is 2.18. The van der Waals surface area contributed by atoms with E-state index in [1.807, 2.05) is 6.92 Å². The molecule has 1 aliphatic heterocycles. The number of anilines is 2. The molecule has 8 heteroatoms. The van der Waals surface area contributed by atoms with E-state index in [-0.39, 0.29) is 12.0 Å². The Morgan fingerprint density at radius 2 is 2.10 bits per heavy atom. The first-order valence-electron chi connectivity index (χ1n) is 6.85. The fourth-order valence-electron chi connectivity index (χ4n) is 2.18. The van der Waals surface area contributed by atoms with Crippen LogP contribution >= 0.6 is 0 Å². The third-order valence-electron chi connectivity index (χ3n) is 3.38. The van der Waals surface area contributed by atoms with E-state index >= 15 is 0 Å². The average Bonchev–Trinajstić information content (AvgIpc) is 2.40. The van der Waals surface area contributed by atoms with Crippen LogP contribution in [0.3, 0.4) is 0 Å². The largest absolute Gasteiger partial charge is 0.464 e. The maximum absolute atomic E-state index is 5.65. The van der Waals surface area contributed by atoms with Crippen LogP contribution < -0.4 is 15.8 Å². The van der Waals surface area contributed by atoms with Crippen molar-refractivity contribution in [2.45, 2.75) is 13.0 Å². The Morgan fingerprint density at radius 1 is 1.30 bits per heavy atom. The SMILES string of the molecule is CCOc1nc(N)nc(NCC2CN(C)CCN2C)n1. The molecule has 20 heavy (non-hydrogen) atoms. The highest BCUT2D eigenvalue weighted by Gasteiger charge is 2.22. The number of nitrogens with one attached hydrogen (secondary N) is 1. The third-order valence-corrected chi connectivity index (χ3v) is 3.38. The van der Waals surface area contributed by atoms with Gasteiger partial charge >= 0.3 is 6.01 Å². The van der Waals surface area contributed by atoms with Gasteiger partial charge < -0.3 is 20.7 Å². The molecule has 0 aliphatic carbocycles. The van der Waals surface area contributed by atoms with Gasteiger partial charge in [0.1, 0.15) is 0 Å². The smallest absolute Gasteiger partial charge is 0.323 e. The average molecular weight is 281 g/mol. The number of piperazine rings is 1. The molecule has 1 aromatic rings. The van der Waals surface area contributed by atoms with Crippen molar-refractivity contribution < 1.29 is 4.74 Å². The molecule has 0 spiro atoms. The molecule has 1 aromatic heterocycles. The molecular formula is C12H23N7O. The number of aromatic nitrogens is 3. The summed E-state index contributed by atoms with van der Waals surface area (Å²) in [6, 6.07) is 0.680. The van der Waals surface area contributed by atoms with Gasteiger partial charge in [-0.3, -0.25) is 4.90 Å². The Balaban J connectivity index is 1.95. The second kappa shape index (κ2) is 6.67. The van der Waals surface area contributed by atoms with Crippen molar-refractivity contribution in [3.63, 3.8) is 0 Å². The summed E-state index contributed by atoms with van der Waals surface area (Å²) in [5.74, 6) is 0.627. The molecule has 8 nitrogen and oxygen atoms in total. The second-order valence-corrected chi connectivity index (χ2v) is 5.01. The van der Waals surface area contributed by atoms with E-state index in [0.29, 0.717) is 18.6 Å². The van der Waals surface area contributed by atoms with Crippen molar-refractivity contribution in [3.05, 3.63) is 0 Å².